The third kappa shape index (κ3) is 11.7. The Morgan fingerprint density at radius 1 is 0.947 bits per heavy atom. The highest BCUT2D eigenvalue weighted by Crippen LogP contribution is 1.96. The van der Waals surface area contributed by atoms with Gasteiger partial charge in [-0.15, -0.1) is 0 Å². The molecule has 0 saturated heterocycles. The molecule has 0 spiro atoms. The van der Waals surface area contributed by atoms with E-state index in [-0.39, 0.29) is 17.7 Å². The first kappa shape index (κ1) is 17.9. The van der Waals surface area contributed by atoms with Crippen LogP contribution in [0.2, 0.25) is 0 Å². The second-order valence-corrected chi connectivity index (χ2v) is 6.39. The molecule has 7 nitrogen and oxygen atoms in total. The number of carbonyl (C=O) groups is 3. The van der Waals surface area contributed by atoms with E-state index in [2.05, 4.69) is 17.8 Å². The number of nitrogens with zero attached hydrogens (tertiary/aromatic N) is 1. The molecule has 0 aromatic carbocycles. The summed E-state index contributed by atoms with van der Waals surface area (Å²) >= 11 is -2.29. The Hall–Kier alpha value is -1.10. The van der Waals surface area contributed by atoms with E-state index in [1.54, 1.807) is 0 Å². The van der Waals surface area contributed by atoms with Gasteiger partial charge in [0.15, 0.2) is 17.7 Å². The monoisotopic (exact) mass is 286 g/mol. The Bertz CT molecular complexity index is 307. The van der Waals surface area contributed by atoms with Gasteiger partial charge in [0.25, 0.3) is 0 Å². The molecule has 0 aromatic rings. The first-order valence-corrected chi connectivity index (χ1v) is 8.02. The zero-order chi connectivity index (χ0) is 14.8. The van der Waals surface area contributed by atoms with Crippen molar-refractivity contribution in [2.75, 3.05) is 20.6 Å². The zero-order valence-electron chi connectivity index (χ0n) is 12.1. The van der Waals surface area contributed by atoms with Gasteiger partial charge in [-0.05, 0) is 33.5 Å². The van der Waals surface area contributed by atoms with E-state index in [0.717, 1.165) is 19.4 Å². The van der Waals surface area contributed by atoms with Gasteiger partial charge in [-0.25, -0.2) is 0 Å². The van der Waals surface area contributed by atoms with Gasteiger partial charge in [0.1, 0.15) is 0 Å². The summed E-state index contributed by atoms with van der Waals surface area (Å²) in [6, 6.07) is 0. The Morgan fingerprint density at radius 3 is 1.89 bits per heavy atom. The SMILES string of the molecule is CC(=O)[NH][Al]([NH]C(C)=O)[NH]C(=O)CCCCN(C)C. The number of rotatable bonds is 8. The quantitative estimate of drug-likeness (QED) is 0.398. The van der Waals surface area contributed by atoms with Crippen LogP contribution >= 0.6 is 0 Å². The molecule has 0 aliphatic heterocycles. The van der Waals surface area contributed by atoms with E-state index in [1.165, 1.54) is 13.8 Å². The standard InChI is InChI=1S/C7H16N2O.2C2H5NO.Al/c1-9(2)6-4-3-5-7(8)10;2*1-2(3)4;/h3-6H2,1-2H3,(H2,8,10);2*1H3,(H2,3,4);/q;;;+3/p-3. The second kappa shape index (κ2) is 9.78. The van der Waals surface area contributed by atoms with Crippen molar-refractivity contribution < 1.29 is 14.4 Å². The topological polar surface area (TPSA) is 90.5 Å². The van der Waals surface area contributed by atoms with Crippen molar-refractivity contribution in [1.29, 1.82) is 0 Å². The average molecular weight is 286 g/mol. The zero-order valence-corrected chi connectivity index (χ0v) is 13.2. The molecule has 0 fully saturated rings. The lowest BCUT2D eigenvalue weighted by Gasteiger charge is -2.13. The minimum atomic E-state index is -2.29. The molecule has 0 aliphatic rings. The van der Waals surface area contributed by atoms with Gasteiger partial charge in [-0.1, -0.05) is 0 Å². The minimum Gasteiger partial charge on any atom is -0.410 e. The fourth-order valence-corrected chi connectivity index (χ4v) is 2.96. The van der Waals surface area contributed by atoms with Crippen LogP contribution in [0.1, 0.15) is 33.1 Å². The first-order chi connectivity index (χ1) is 8.81. The number of hydrogen-bond acceptors (Lipinski definition) is 4. The first-order valence-electron chi connectivity index (χ1n) is 6.29. The van der Waals surface area contributed by atoms with Crippen LogP contribution in [0.25, 0.3) is 0 Å². The fourth-order valence-electron chi connectivity index (χ4n) is 1.46. The van der Waals surface area contributed by atoms with Crippen LogP contribution in [0.4, 0.5) is 0 Å². The third-order valence-corrected chi connectivity index (χ3v) is 4.26. The summed E-state index contributed by atoms with van der Waals surface area (Å²) in [5, 5.41) is 0. The van der Waals surface area contributed by atoms with E-state index >= 15 is 0 Å². The molecule has 19 heavy (non-hydrogen) atoms. The predicted molar refractivity (Wildman–Crippen MR) is 73.9 cm³/mol. The van der Waals surface area contributed by atoms with E-state index in [1.807, 2.05) is 14.1 Å². The molecular weight excluding hydrogens is 263 g/mol. The van der Waals surface area contributed by atoms with E-state index < -0.39 is 14.8 Å². The molecule has 0 aromatic heterocycles. The van der Waals surface area contributed by atoms with Crippen LogP contribution in [0.5, 0.6) is 0 Å². The predicted octanol–water partition coefficient (Wildman–Crippen LogP) is -0.908. The summed E-state index contributed by atoms with van der Waals surface area (Å²) in [5.41, 5.74) is 0. The van der Waals surface area contributed by atoms with Crippen molar-refractivity contribution in [3.05, 3.63) is 0 Å². The van der Waals surface area contributed by atoms with Crippen molar-refractivity contribution in [1.82, 2.24) is 17.8 Å². The maximum atomic E-state index is 11.7. The smallest absolute Gasteiger partial charge is 0.410 e. The molecule has 3 amide bonds. The average Bonchev–Trinajstić information content (AvgIpc) is 2.22. The van der Waals surface area contributed by atoms with E-state index in [4.69, 9.17) is 0 Å². The van der Waals surface area contributed by atoms with Gasteiger partial charge < -0.3 is 17.8 Å². The van der Waals surface area contributed by atoms with Crippen LogP contribution < -0.4 is 12.9 Å². The number of hydrogen-bond donors (Lipinski definition) is 3. The lowest BCUT2D eigenvalue weighted by Crippen LogP contribution is -2.62. The highest BCUT2D eigenvalue weighted by atomic mass is 27.2. The molecule has 0 unspecified atom stereocenters. The summed E-state index contributed by atoms with van der Waals surface area (Å²) in [4.78, 5) is 35.7. The molecular formula is C11H23AlN4O3. The number of amides is 3. The molecule has 0 aliphatic carbocycles. The van der Waals surface area contributed by atoms with Crippen molar-refractivity contribution in [3.8, 4) is 0 Å². The Labute approximate surface area is 119 Å². The van der Waals surface area contributed by atoms with E-state index in [0.29, 0.717) is 6.42 Å². The molecule has 8 heteroatoms. The normalized spacial score (nSPS) is 9.95. The molecule has 108 valence electrons. The highest BCUT2D eigenvalue weighted by molar-refractivity contribution is 6.59. The van der Waals surface area contributed by atoms with Crippen molar-refractivity contribution in [2.45, 2.75) is 33.1 Å². The van der Waals surface area contributed by atoms with Gasteiger partial charge in [-0.2, -0.15) is 0 Å². The summed E-state index contributed by atoms with van der Waals surface area (Å²) in [6.07, 6.45) is 2.12. The largest absolute Gasteiger partial charge is 0.740 e. The molecule has 0 heterocycles. The summed E-state index contributed by atoms with van der Waals surface area (Å²) in [6.45, 7) is 3.64. The van der Waals surface area contributed by atoms with Crippen LogP contribution in [0.3, 0.4) is 0 Å². The van der Waals surface area contributed by atoms with E-state index in [9.17, 15) is 14.4 Å². The van der Waals surface area contributed by atoms with Crippen molar-refractivity contribution >= 4 is 32.5 Å². The fraction of sp³-hybridized carbons (Fsp3) is 0.727. The lowest BCUT2D eigenvalue weighted by molar-refractivity contribution is -0.119. The van der Waals surface area contributed by atoms with Crippen LogP contribution in [0.15, 0.2) is 0 Å². The molecule has 0 atom stereocenters. The van der Waals surface area contributed by atoms with Crippen molar-refractivity contribution in [3.63, 3.8) is 0 Å². The lowest BCUT2D eigenvalue weighted by atomic mass is 10.2. The highest BCUT2D eigenvalue weighted by Gasteiger charge is 2.28. The molecule has 0 radical (unpaired) electrons. The van der Waals surface area contributed by atoms with Crippen LogP contribution in [-0.4, -0.2) is 58.1 Å². The van der Waals surface area contributed by atoms with Crippen molar-refractivity contribution in [2.24, 2.45) is 0 Å². The maximum absolute atomic E-state index is 11.7. The van der Waals surface area contributed by atoms with Crippen LogP contribution in [-0.2, 0) is 14.4 Å². The minimum absolute atomic E-state index is 0.141. The van der Waals surface area contributed by atoms with Gasteiger partial charge in [0.2, 0.25) is 0 Å². The summed E-state index contributed by atoms with van der Waals surface area (Å²) in [7, 11) is 3.97. The Kier molecular flexibility index (Phi) is 9.22. The van der Waals surface area contributed by atoms with Gasteiger partial charge in [-0.3, -0.25) is 14.4 Å². The van der Waals surface area contributed by atoms with Gasteiger partial charge in [0, 0.05) is 20.3 Å². The maximum Gasteiger partial charge on any atom is 0.740 e. The third-order valence-electron chi connectivity index (χ3n) is 2.26. The summed E-state index contributed by atoms with van der Waals surface area (Å²) < 4.78 is 7.85. The van der Waals surface area contributed by atoms with Crippen LogP contribution in [0, 0.1) is 0 Å². The number of carbonyl (C=O) groups excluding carboxylic acids is 3. The molecule has 0 bridgehead atoms. The Morgan fingerprint density at radius 2 is 1.47 bits per heavy atom. The van der Waals surface area contributed by atoms with Gasteiger partial charge >= 0.3 is 14.8 Å². The molecule has 0 rings (SSSR count). The Balaban J connectivity index is 4.01. The molecule has 3 N–H and O–H groups in total. The number of unbranched alkanes of at least 4 members (excludes halogenated alkanes) is 1. The van der Waals surface area contributed by atoms with Gasteiger partial charge in [0.05, 0.1) is 0 Å². The number of nitrogens with one attached hydrogen (secondary N) is 3. The second-order valence-electron chi connectivity index (χ2n) is 4.66. The summed E-state index contributed by atoms with van der Waals surface area (Å²) in [5.74, 6) is -0.672. The molecule has 0 saturated carbocycles.